The van der Waals surface area contributed by atoms with E-state index in [0.717, 1.165) is 24.4 Å². The van der Waals surface area contributed by atoms with Gasteiger partial charge in [-0.25, -0.2) is 0 Å². The van der Waals surface area contributed by atoms with Gasteiger partial charge in [-0.3, -0.25) is 4.79 Å². The Morgan fingerprint density at radius 3 is 2.55 bits per heavy atom. The summed E-state index contributed by atoms with van der Waals surface area (Å²) in [6.45, 7) is 4.95. The molecule has 0 aliphatic carbocycles. The molecule has 0 bridgehead atoms. The van der Waals surface area contributed by atoms with E-state index in [1.54, 1.807) is 7.11 Å². The average molecular weight is 327 g/mol. The van der Waals surface area contributed by atoms with E-state index in [1.807, 2.05) is 24.3 Å². The Labute approximate surface area is 139 Å². The van der Waals surface area contributed by atoms with Crippen LogP contribution in [0.3, 0.4) is 0 Å². The molecule has 22 heavy (non-hydrogen) atoms. The summed E-state index contributed by atoms with van der Waals surface area (Å²) >= 11 is 0. The van der Waals surface area contributed by atoms with Crippen LogP contribution in [0.2, 0.25) is 0 Å². The number of hydrogen-bond donors (Lipinski definition) is 2. The summed E-state index contributed by atoms with van der Waals surface area (Å²) in [4.78, 5) is 12.0. The van der Waals surface area contributed by atoms with Crippen LogP contribution in [-0.4, -0.2) is 26.1 Å². The second kappa shape index (κ2) is 9.70. The fourth-order valence-electron chi connectivity index (χ4n) is 2.89. The van der Waals surface area contributed by atoms with Crippen molar-refractivity contribution in [2.75, 3.05) is 20.2 Å². The summed E-state index contributed by atoms with van der Waals surface area (Å²) in [6, 6.07) is 7.79. The monoisotopic (exact) mass is 326 g/mol. The molecule has 1 aromatic carbocycles. The summed E-state index contributed by atoms with van der Waals surface area (Å²) in [6.07, 6.45) is 3.00. The quantitative estimate of drug-likeness (QED) is 0.845. The fraction of sp³-hybridized carbons (Fsp3) is 0.588. The van der Waals surface area contributed by atoms with Crippen LogP contribution in [0.5, 0.6) is 5.75 Å². The molecule has 1 aliphatic heterocycles. The standard InChI is InChI=1S/C17H26N2O2.ClH/c1-13(15-7-9-18-10-8-15)11-17(20)19-12-14-3-5-16(21-2)6-4-14;/h3-6,13,15,18H,7-12H2,1-2H3,(H,19,20);1H. The highest BCUT2D eigenvalue weighted by Crippen LogP contribution is 2.24. The Balaban J connectivity index is 0.00000242. The molecule has 5 heteroatoms. The molecule has 1 aromatic rings. The number of methoxy groups -OCH3 is 1. The maximum absolute atomic E-state index is 12.0. The second-order valence-corrected chi connectivity index (χ2v) is 5.89. The number of carbonyl (C=O) groups excluding carboxylic acids is 1. The molecule has 1 amide bonds. The predicted octanol–water partition coefficient (Wildman–Crippen LogP) is 2.76. The van der Waals surface area contributed by atoms with Crippen LogP contribution < -0.4 is 15.4 Å². The highest BCUT2D eigenvalue weighted by molar-refractivity contribution is 5.85. The molecule has 4 nitrogen and oxygen atoms in total. The van der Waals surface area contributed by atoms with E-state index in [0.29, 0.717) is 24.8 Å². The third-order valence-corrected chi connectivity index (χ3v) is 4.34. The van der Waals surface area contributed by atoms with Crippen molar-refractivity contribution in [3.05, 3.63) is 29.8 Å². The summed E-state index contributed by atoms with van der Waals surface area (Å²) in [5, 5.41) is 6.38. The smallest absolute Gasteiger partial charge is 0.220 e. The minimum absolute atomic E-state index is 0. The number of hydrogen-bond acceptors (Lipinski definition) is 3. The number of rotatable bonds is 6. The summed E-state index contributed by atoms with van der Waals surface area (Å²) in [5.41, 5.74) is 1.10. The topological polar surface area (TPSA) is 50.4 Å². The van der Waals surface area contributed by atoms with E-state index >= 15 is 0 Å². The van der Waals surface area contributed by atoms with Gasteiger partial charge in [0, 0.05) is 13.0 Å². The summed E-state index contributed by atoms with van der Waals surface area (Å²) in [7, 11) is 1.65. The van der Waals surface area contributed by atoms with Gasteiger partial charge in [0.1, 0.15) is 5.75 Å². The molecule has 1 aliphatic rings. The van der Waals surface area contributed by atoms with E-state index in [9.17, 15) is 4.79 Å². The minimum atomic E-state index is 0. The number of amides is 1. The van der Waals surface area contributed by atoms with E-state index in [1.165, 1.54) is 12.8 Å². The highest BCUT2D eigenvalue weighted by atomic mass is 35.5. The van der Waals surface area contributed by atoms with Gasteiger partial charge in [-0.2, -0.15) is 0 Å². The van der Waals surface area contributed by atoms with Gasteiger partial charge in [0.25, 0.3) is 0 Å². The van der Waals surface area contributed by atoms with Crippen LogP contribution in [0.15, 0.2) is 24.3 Å². The molecule has 0 aromatic heterocycles. The molecule has 0 spiro atoms. The highest BCUT2D eigenvalue weighted by Gasteiger charge is 2.21. The molecule has 2 N–H and O–H groups in total. The zero-order valence-electron chi connectivity index (χ0n) is 13.4. The molecule has 1 atom stereocenters. The van der Waals surface area contributed by atoms with Gasteiger partial charge in [-0.15, -0.1) is 12.4 Å². The molecular formula is C17H27ClN2O2. The Morgan fingerprint density at radius 2 is 1.95 bits per heavy atom. The van der Waals surface area contributed by atoms with Crippen molar-refractivity contribution in [2.45, 2.75) is 32.7 Å². The molecule has 1 fully saturated rings. The third kappa shape index (κ3) is 5.85. The first-order valence-corrected chi connectivity index (χ1v) is 7.79. The SMILES string of the molecule is COc1ccc(CNC(=O)CC(C)C2CCNCC2)cc1.Cl. The lowest BCUT2D eigenvalue weighted by Crippen LogP contribution is -2.33. The Hall–Kier alpha value is -1.26. The van der Waals surface area contributed by atoms with Crippen molar-refractivity contribution in [1.29, 1.82) is 0 Å². The number of piperidine rings is 1. The average Bonchev–Trinajstić information content (AvgIpc) is 2.54. The van der Waals surface area contributed by atoms with E-state index in [2.05, 4.69) is 17.6 Å². The van der Waals surface area contributed by atoms with Crippen molar-refractivity contribution in [3.63, 3.8) is 0 Å². The maximum Gasteiger partial charge on any atom is 0.220 e. The Morgan fingerprint density at radius 1 is 1.32 bits per heavy atom. The molecule has 0 radical (unpaired) electrons. The first-order chi connectivity index (χ1) is 10.2. The summed E-state index contributed by atoms with van der Waals surface area (Å²) < 4.78 is 5.12. The maximum atomic E-state index is 12.0. The van der Waals surface area contributed by atoms with Crippen LogP contribution >= 0.6 is 12.4 Å². The second-order valence-electron chi connectivity index (χ2n) is 5.89. The molecular weight excluding hydrogens is 300 g/mol. The van der Waals surface area contributed by atoms with Crippen LogP contribution in [0.1, 0.15) is 31.7 Å². The van der Waals surface area contributed by atoms with E-state index < -0.39 is 0 Å². The fourth-order valence-corrected chi connectivity index (χ4v) is 2.89. The van der Waals surface area contributed by atoms with Crippen LogP contribution in [0, 0.1) is 11.8 Å². The van der Waals surface area contributed by atoms with Gasteiger partial charge in [-0.05, 0) is 55.5 Å². The molecule has 2 rings (SSSR count). The van der Waals surface area contributed by atoms with E-state index in [4.69, 9.17) is 4.74 Å². The number of carbonyl (C=O) groups is 1. The zero-order chi connectivity index (χ0) is 15.1. The lowest BCUT2D eigenvalue weighted by Gasteiger charge is -2.27. The van der Waals surface area contributed by atoms with Crippen LogP contribution in [0.4, 0.5) is 0 Å². The van der Waals surface area contributed by atoms with Gasteiger partial charge in [-0.1, -0.05) is 19.1 Å². The number of halogens is 1. The lowest BCUT2D eigenvalue weighted by atomic mass is 9.84. The van der Waals surface area contributed by atoms with Gasteiger partial charge in [0.2, 0.25) is 5.91 Å². The third-order valence-electron chi connectivity index (χ3n) is 4.34. The van der Waals surface area contributed by atoms with Gasteiger partial charge in [0.15, 0.2) is 0 Å². The molecule has 124 valence electrons. The van der Waals surface area contributed by atoms with Crippen molar-refractivity contribution in [2.24, 2.45) is 11.8 Å². The lowest BCUT2D eigenvalue weighted by molar-refractivity contribution is -0.122. The van der Waals surface area contributed by atoms with Gasteiger partial charge in [0.05, 0.1) is 7.11 Å². The van der Waals surface area contributed by atoms with Crippen LogP contribution in [-0.2, 0) is 11.3 Å². The normalized spacial score (nSPS) is 16.5. The molecule has 1 saturated heterocycles. The minimum Gasteiger partial charge on any atom is -0.497 e. The van der Waals surface area contributed by atoms with Crippen molar-refractivity contribution in [3.8, 4) is 5.75 Å². The predicted molar refractivity (Wildman–Crippen MR) is 91.5 cm³/mol. The largest absolute Gasteiger partial charge is 0.497 e. The molecule has 1 heterocycles. The van der Waals surface area contributed by atoms with Gasteiger partial charge >= 0.3 is 0 Å². The number of nitrogens with one attached hydrogen (secondary N) is 2. The van der Waals surface area contributed by atoms with Crippen molar-refractivity contribution in [1.82, 2.24) is 10.6 Å². The number of ether oxygens (including phenoxy) is 1. The summed E-state index contributed by atoms with van der Waals surface area (Å²) in [5.74, 6) is 2.13. The van der Waals surface area contributed by atoms with Crippen molar-refractivity contribution >= 4 is 18.3 Å². The number of benzene rings is 1. The Kier molecular flexibility index (Phi) is 8.28. The molecule has 1 unspecified atom stereocenters. The molecule has 0 saturated carbocycles. The Bertz CT molecular complexity index is 444. The first-order valence-electron chi connectivity index (χ1n) is 7.79. The zero-order valence-corrected chi connectivity index (χ0v) is 14.2. The van der Waals surface area contributed by atoms with Gasteiger partial charge < -0.3 is 15.4 Å². The van der Waals surface area contributed by atoms with E-state index in [-0.39, 0.29) is 18.3 Å². The first kappa shape index (κ1) is 18.8. The van der Waals surface area contributed by atoms with Crippen molar-refractivity contribution < 1.29 is 9.53 Å². The van der Waals surface area contributed by atoms with Crippen LogP contribution in [0.25, 0.3) is 0 Å².